The van der Waals surface area contributed by atoms with Crippen LogP contribution in [0.2, 0.25) is 0 Å². The first-order valence-electron chi connectivity index (χ1n) is 5.56. The van der Waals surface area contributed by atoms with Crippen LogP contribution in [-0.4, -0.2) is 43.7 Å². The molecule has 1 aromatic carbocycles. The van der Waals surface area contributed by atoms with Gasteiger partial charge in [0.1, 0.15) is 5.75 Å². The number of ether oxygens (including phenoxy) is 1. The monoisotopic (exact) mass is 239 g/mol. The van der Waals surface area contributed by atoms with Gasteiger partial charge in [0.15, 0.2) is 0 Å². The van der Waals surface area contributed by atoms with Crippen LogP contribution in [0.5, 0.6) is 5.75 Å². The summed E-state index contributed by atoms with van der Waals surface area (Å²) in [5.74, 6) is 0.450. The lowest BCUT2D eigenvalue weighted by Crippen LogP contribution is -2.30. The highest BCUT2D eigenvalue weighted by atomic mass is 16.6. The molecule has 2 rings (SSSR count). The van der Waals surface area contributed by atoms with Gasteiger partial charge in [-0.05, 0) is 19.1 Å². The summed E-state index contributed by atoms with van der Waals surface area (Å²) in [6.07, 6.45) is 0. The molecule has 6 heteroatoms. The minimum absolute atomic E-state index is 0.450. The Morgan fingerprint density at radius 2 is 1.76 bits per heavy atom. The first-order chi connectivity index (χ1) is 8.18. The topological polar surface area (TPSA) is 71.0 Å². The van der Waals surface area contributed by atoms with Gasteiger partial charge in [0.05, 0.1) is 13.2 Å². The van der Waals surface area contributed by atoms with E-state index >= 15 is 0 Å². The normalized spacial score (nSPS) is 14.5. The van der Waals surface area contributed by atoms with Crippen molar-refractivity contribution in [2.75, 3.05) is 26.3 Å². The molecule has 3 N–H and O–H groups in total. The maximum absolute atomic E-state index is 8.41. The zero-order chi connectivity index (χ0) is 12.5. The van der Waals surface area contributed by atoms with Crippen LogP contribution in [0.3, 0.4) is 0 Å². The Balaban J connectivity index is 0.000000202. The van der Waals surface area contributed by atoms with Crippen molar-refractivity contribution in [3.05, 3.63) is 29.8 Å². The van der Waals surface area contributed by atoms with Crippen LogP contribution in [0, 0.1) is 6.92 Å². The third-order valence-electron chi connectivity index (χ3n) is 2.11. The molecule has 0 bridgehead atoms. The summed E-state index contributed by atoms with van der Waals surface area (Å²) < 4.78 is 9.59. The summed E-state index contributed by atoms with van der Waals surface area (Å²) in [5.41, 5.74) is 1.10. The van der Waals surface area contributed by atoms with E-state index in [1.165, 1.54) is 0 Å². The Labute approximate surface area is 102 Å². The maximum atomic E-state index is 8.41. The van der Waals surface area contributed by atoms with Crippen LogP contribution < -0.4 is 9.97 Å². The third kappa shape index (κ3) is 6.96. The van der Waals surface area contributed by atoms with Gasteiger partial charge in [-0.2, -0.15) is 0 Å². The quantitative estimate of drug-likeness (QED) is 0.631. The molecule has 0 aromatic heterocycles. The zero-order valence-electron chi connectivity index (χ0n) is 9.93. The molecule has 1 aliphatic heterocycles. The predicted octanol–water partition coefficient (Wildman–Crippen LogP) is -0.0505. The summed E-state index contributed by atoms with van der Waals surface area (Å²) in [4.78, 5) is 0. The first-order valence-corrected chi connectivity index (χ1v) is 5.56. The fourth-order valence-electron chi connectivity index (χ4n) is 1.25. The summed E-state index contributed by atoms with van der Waals surface area (Å²) in [6.45, 7) is 5.78. The third-order valence-corrected chi connectivity index (χ3v) is 2.11. The number of morpholine rings is 1. The number of hydrogen-bond donors (Lipinski definition) is 3. The first kappa shape index (κ1) is 14.0. The van der Waals surface area contributed by atoms with E-state index < -0.39 is 7.32 Å². The number of hydrogen-bond acceptors (Lipinski definition) is 5. The average molecular weight is 239 g/mol. The van der Waals surface area contributed by atoms with E-state index in [2.05, 4.69) is 9.97 Å². The minimum atomic E-state index is -1.74. The van der Waals surface area contributed by atoms with Gasteiger partial charge in [-0.15, -0.1) is 0 Å². The smallest absolute Gasteiger partial charge is 0.512 e. The Hall–Kier alpha value is -1.08. The van der Waals surface area contributed by atoms with E-state index in [0.717, 1.165) is 31.9 Å². The van der Waals surface area contributed by atoms with Crippen LogP contribution in [0.15, 0.2) is 24.3 Å². The second-order valence-corrected chi connectivity index (χ2v) is 3.62. The Kier molecular flexibility index (Phi) is 6.65. The van der Waals surface area contributed by atoms with E-state index in [1.807, 2.05) is 19.1 Å². The van der Waals surface area contributed by atoms with Crippen LogP contribution in [0.4, 0.5) is 0 Å². The van der Waals surface area contributed by atoms with Crippen LogP contribution in [-0.2, 0) is 4.74 Å². The van der Waals surface area contributed by atoms with Crippen molar-refractivity contribution in [3.63, 3.8) is 0 Å². The Morgan fingerprint density at radius 1 is 1.18 bits per heavy atom. The standard InChI is InChI=1S/C7H9BO3.C4H9NO/c1-6-2-4-7(5-3-6)11-8(9)10;1-3-6-4-2-5-1/h2-5,9-10H,1H3;5H,1-4H2. The van der Waals surface area contributed by atoms with Crippen molar-refractivity contribution < 1.29 is 19.4 Å². The maximum Gasteiger partial charge on any atom is 0.707 e. The van der Waals surface area contributed by atoms with E-state index in [1.54, 1.807) is 12.1 Å². The number of rotatable bonds is 2. The van der Waals surface area contributed by atoms with E-state index in [-0.39, 0.29) is 0 Å². The van der Waals surface area contributed by atoms with Crippen molar-refractivity contribution in [1.82, 2.24) is 5.32 Å². The van der Waals surface area contributed by atoms with Gasteiger partial charge in [0, 0.05) is 13.1 Å². The van der Waals surface area contributed by atoms with E-state index in [9.17, 15) is 0 Å². The van der Waals surface area contributed by atoms with Crippen LogP contribution in [0.25, 0.3) is 0 Å². The van der Waals surface area contributed by atoms with Crippen molar-refractivity contribution >= 4 is 7.32 Å². The van der Waals surface area contributed by atoms with Crippen molar-refractivity contribution in [2.24, 2.45) is 0 Å². The molecular formula is C11H18BNO4. The van der Waals surface area contributed by atoms with E-state index in [0.29, 0.717) is 5.75 Å². The van der Waals surface area contributed by atoms with E-state index in [4.69, 9.17) is 14.8 Å². The molecule has 0 aliphatic carbocycles. The zero-order valence-corrected chi connectivity index (χ0v) is 9.93. The molecule has 0 amide bonds. The largest absolute Gasteiger partial charge is 0.707 e. The van der Waals surface area contributed by atoms with Gasteiger partial charge >= 0.3 is 7.32 Å². The molecule has 94 valence electrons. The van der Waals surface area contributed by atoms with Gasteiger partial charge in [0.25, 0.3) is 0 Å². The summed E-state index contributed by atoms with van der Waals surface area (Å²) in [6, 6.07) is 7.01. The fourth-order valence-corrected chi connectivity index (χ4v) is 1.25. The highest BCUT2D eigenvalue weighted by molar-refractivity contribution is 6.33. The Morgan fingerprint density at radius 3 is 2.12 bits per heavy atom. The number of aryl methyl sites for hydroxylation is 1. The molecule has 5 nitrogen and oxygen atoms in total. The van der Waals surface area contributed by atoms with Crippen molar-refractivity contribution in [3.8, 4) is 5.75 Å². The molecule has 0 radical (unpaired) electrons. The highest BCUT2D eigenvalue weighted by Crippen LogP contribution is 2.10. The molecule has 1 aliphatic rings. The predicted molar refractivity (Wildman–Crippen MR) is 65.7 cm³/mol. The molecule has 1 saturated heterocycles. The molecule has 0 atom stereocenters. The van der Waals surface area contributed by atoms with Crippen LogP contribution in [0.1, 0.15) is 5.56 Å². The second kappa shape index (κ2) is 8.08. The fraction of sp³-hybridized carbons (Fsp3) is 0.455. The summed E-state index contributed by atoms with van der Waals surface area (Å²) >= 11 is 0. The lowest BCUT2D eigenvalue weighted by Gasteiger charge is -2.10. The van der Waals surface area contributed by atoms with Gasteiger partial charge in [-0.25, -0.2) is 0 Å². The SMILES string of the molecule is C1COCCN1.Cc1ccc(OB(O)O)cc1. The van der Waals surface area contributed by atoms with Gasteiger partial charge in [-0.3, -0.25) is 0 Å². The molecule has 0 unspecified atom stereocenters. The van der Waals surface area contributed by atoms with Gasteiger partial charge in [-0.1, -0.05) is 17.7 Å². The highest BCUT2D eigenvalue weighted by Gasteiger charge is 2.09. The Bertz CT molecular complexity index is 289. The number of benzene rings is 1. The molecule has 1 aromatic rings. The average Bonchev–Trinajstić information content (AvgIpc) is 2.35. The molecule has 17 heavy (non-hydrogen) atoms. The summed E-state index contributed by atoms with van der Waals surface area (Å²) in [7, 11) is -1.74. The minimum Gasteiger partial charge on any atom is -0.512 e. The van der Waals surface area contributed by atoms with Gasteiger partial charge in [0.2, 0.25) is 0 Å². The lowest BCUT2D eigenvalue weighted by molar-refractivity contribution is 0.109. The van der Waals surface area contributed by atoms with Gasteiger partial charge < -0.3 is 24.8 Å². The molecular weight excluding hydrogens is 221 g/mol. The molecule has 1 heterocycles. The molecule has 0 saturated carbocycles. The van der Waals surface area contributed by atoms with Crippen molar-refractivity contribution in [2.45, 2.75) is 6.92 Å². The van der Waals surface area contributed by atoms with Crippen molar-refractivity contribution in [1.29, 1.82) is 0 Å². The molecule has 1 fully saturated rings. The summed E-state index contributed by atoms with van der Waals surface area (Å²) in [5, 5.41) is 20.0. The number of nitrogens with one attached hydrogen (secondary N) is 1. The second-order valence-electron chi connectivity index (χ2n) is 3.62. The van der Waals surface area contributed by atoms with Crippen LogP contribution >= 0.6 is 0 Å². The molecule has 0 spiro atoms. The lowest BCUT2D eigenvalue weighted by atomic mass is 10.2.